The van der Waals surface area contributed by atoms with Crippen molar-refractivity contribution in [1.82, 2.24) is 5.32 Å². The highest BCUT2D eigenvalue weighted by Gasteiger charge is 2.19. The molecule has 1 nitrogen and oxygen atoms in total. The number of hydrogen-bond acceptors (Lipinski definition) is 1. The first-order valence-corrected chi connectivity index (χ1v) is 7.04. The number of aryl methyl sites for hydroxylation is 1. The lowest BCUT2D eigenvalue weighted by atomic mass is 9.86. The van der Waals surface area contributed by atoms with Gasteiger partial charge in [0.05, 0.1) is 0 Å². The molecule has 94 valence electrons. The molecule has 17 heavy (non-hydrogen) atoms. The lowest BCUT2D eigenvalue weighted by Crippen LogP contribution is -2.38. The molecule has 2 rings (SSSR count). The average Bonchev–Trinajstić information content (AvgIpc) is 2.32. The molecule has 0 spiro atoms. The first kappa shape index (κ1) is 12.6. The molecule has 0 aromatic heterocycles. The predicted octanol–water partition coefficient (Wildman–Crippen LogP) is 3.71. The molecule has 1 fully saturated rings. The Morgan fingerprint density at radius 3 is 2.82 bits per heavy atom. The van der Waals surface area contributed by atoms with Crippen LogP contribution in [0.3, 0.4) is 0 Å². The summed E-state index contributed by atoms with van der Waals surface area (Å²) in [6.07, 6.45) is 6.77. The van der Waals surface area contributed by atoms with Gasteiger partial charge in [-0.1, -0.05) is 49.6 Å². The van der Waals surface area contributed by atoms with Gasteiger partial charge in [0.25, 0.3) is 0 Å². The van der Waals surface area contributed by atoms with Crippen molar-refractivity contribution in [3.05, 3.63) is 35.4 Å². The van der Waals surface area contributed by atoms with Gasteiger partial charge < -0.3 is 5.32 Å². The molecule has 2 atom stereocenters. The van der Waals surface area contributed by atoms with E-state index in [1.165, 1.54) is 36.8 Å². The van der Waals surface area contributed by atoms with Crippen molar-refractivity contribution in [2.45, 2.75) is 52.0 Å². The number of hydrogen-bond donors (Lipinski definition) is 1. The molecule has 1 aliphatic rings. The van der Waals surface area contributed by atoms with E-state index in [0.717, 1.165) is 24.9 Å². The van der Waals surface area contributed by atoms with Crippen LogP contribution in [-0.2, 0) is 6.42 Å². The van der Waals surface area contributed by atoms with E-state index in [9.17, 15) is 0 Å². The number of nitrogens with one attached hydrogen (secondary N) is 1. The fourth-order valence-corrected chi connectivity index (χ4v) is 2.89. The largest absolute Gasteiger partial charge is 0.313 e. The van der Waals surface area contributed by atoms with E-state index in [1.54, 1.807) is 0 Å². The summed E-state index contributed by atoms with van der Waals surface area (Å²) in [5.74, 6) is 0.862. The minimum absolute atomic E-state index is 0.758. The van der Waals surface area contributed by atoms with Gasteiger partial charge in [-0.25, -0.2) is 0 Å². The second-order valence-electron chi connectivity index (χ2n) is 5.56. The van der Waals surface area contributed by atoms with E-state index in [1.807, 2.05) is 0 Å². The Balaban J connectivity index is 1.75. The first-order chi connectivity index (χ1) is 8.25. The van der Waals surface area contributed by atoms with Crippen LogP contribution in [0.15, 0.2) is 24.3 Å². The molecular formula is C16H25N. The van der Waals surface area contributed by atoms with E-state index in [2.05, 4.69) is 43.4 Å². The molecule has 1 aliphatic carbocycles. The van der Waals surface area contributed by atoms with E-state index in [4.69, 9.17) is 0 Å². The van der Waals surface area contributed by atoms with Crippen LogP contribution in [0.1, 0.15) is 43.7 Å². The molecule has 0 amide bonds. The second kappa shape index (κ2) is 6.20. The SMILES string of the molecule is Cc1cccc(CCNC2CCCCC2C)c1. The summed E-state index contributed by atoms with van der Waals surface area (Å²) in [5, 5.41) is 3.74. The highest BCUT2D eigenvalue weighted by molar-refractivity contribution is 5.22. The third-order valence-corrected chi connectivity index (χ3v) is 4.01. The van der Waals surface area contributed by atoms with Crippen LogP contribution in [0.25, 0.3) is 0 Å². The summed E-state index contributed by atoms with van der Waals surface area (Å²) >= 11 is 0. The molecule has 1 heteroatoms. The molecule has 0 heterocycles. The van der Waals surface area contributed by atoms with E-state index in [0.29, 0.717) is 0 Å². The average molecular weight is 231 g/mol. The zero-order valence-corrected chi connectivity index (χ0v) is 11.2. The summed E-state index contributed by atoms with van der Waals surface area (Å²) in [6.45, 7) is 5.68. The van der Waals surface area contributed by atoms with Gasteiger partial charge in [0.2, 0.25) is 0 Å². The highest BCUT2D eigenvalue weighted by atomic mass is 14.9. The van der Waals surface area contributed by atoms with Gasteiger partial charge in [-0.2, -0.15) is 0 Å². The zero-order chi connectivity index (χ0) is 12.1. The summed E-state index contributed by atoms with van der Waals surface area (Å²) in [4.78, 5) is 0. The Bertz CT molecular complexity index is 345. The van der Waals surface area contributed by atoms with Gasteiger partial charge in [-0.05, 0) is 44.2 Å². The minimum Gasteiger partial charge on any atom is -0.313 e. The second-order valence-corrected chi connectivity index (χ2v) is 5.56. The van der Waals surface area contributed by atoms with Crippen LogP contribution in [0, 0.1) is 12.8 Å². The normalized spacial score (nSPS) is 24.8. The van der Waals surface area contributed by atoms with Crippen molar-refractivity contribution in [1.29, 1.82) is 0 Å². The smallest absolute Gasteiger partial charge is 0.00928 e. The van der Waals surface area contributed by atoms with Crippen molar-refractivity contribution in [2.75, 3.05) is 6.54 Å². The molecule has 0 bridgehead atoms. The van der Waals surface area contributed by atoms with Gasteiger partial charge in [0.1, 0.15) is 0 Å². The van der Waals surface area contributed by atoms with Crippen LogP contribution in [0.4, 0.5) is 0 Å². The number of rotatable bonds is 4. The van der Waals surface area contributed by atoms with Gasteiger partial charge in [0.15, 0.2) is 0 Å². The van der Waals surface area contributed by atoms with Crippen LogP contribution in [0.5, 0.6) is 0 Å². The van der Waals surface area contributed by atoms with Crippen molar-refractivity contribution < 1.29 is 0 Å². The number of benzene rings is 1. The van der Waals surface area contributed by atoms with Crippen LogP contribution < -0.4 is 5.32 Å². The lowest BCUT2D eigenvalue weighted by Gasteiger charge is -2.29. The van der Waals surface area contributed by atoms with Crippen molar-refractivity contribution >= 4 is 0 Å². The molecular weight excluding hydrogens is 206 g/mol. The predicted molar refractivity (Wildman–Crippen MR) is 74.3 cm³/mol. The summed E-state index contributed by atoms with van der Waals surface area (Å²) < 4.78 is 0. The Hall–Kier alpha value is -0.820. The molecule has 2 unspecified atom stereocenters. The standard InChI is InChI=1S/C16H25N/c1-13-6-5-8-15(12-13)10-11-17-16-9-4-3-7-14(16)2/h5-6,8,12,14,16-17H,3-4,7,9-11H2,1-2H3. The maximum absolute atomic E-state index is 3.74. The van der Waals surface area contributed by atoms with Gasteiger partial charge >= 0.3 is 0 Å². The topological polar surface area (TPSA) is 12.0 Å². The Morgan fingerprint density at radius 1 is 1.24 bits per heavy atom. The third-order valence-electron chi connectivity index (χ3n) is 4.01. The summed E-state index contributed by atoms with van der Waals surface area (Å²) in [5.41, 5.74) is 2.83. The minimum atomic E-state index is 0.758. The first-order valence-electron chi connectivity index (χ1n) is 7.04. The molecule has 1 aromatic carbocycles. The van der Waals surface area contributed by atoms with Crippen molar-refractivity contribution in [3.63, 3.8) is 0 Å². The molecule has 0 radical (unpaired) electrons. The van der Waals surface area contributed by atoms with Gasteiger partial charge in [0, 0.05) is 6.04 Å². The van der Waals surface area contributed by atoms with Crippen LogP contribution in [-0.4, -0.2) is 12.6 Å². The molecule has 0 aliphatic heterocycles. The third kappa shape index (κ3) is 3.85. The fraction of sp³-hybridized carbons (Fsp3) is 0.625. The van der Waals surface area contributed by atoms with Crippen molar-refractivity contribution in [3.8, 4) is 0 Å². The fourth-order valence-electron chi connectivity index (χ4n) is 2.89. The maximum atomic E-state index is 3.74. The van der Waals surface area contributed by atoms with Crippen LogP contribution >= 0.6 is 0 Å². The van der Waals surface area contributed by atoms with E-state index >= 15 is 0 Å². The molecule has 0 saturated heterocycles. The van der Waals surface area contributed by atoms with Gasteiger partial charge in [-0.15, -0.1) is 0 Å². The highest BCUT2D eigenvalue weighted by Crippen LogP contribution is 2.23. The monoisotopic (exact) mass is 231 g/mol. The van der Waals surface area contributed by atoms with Crippen LogP contribution in [0.2, 0.25) is 0 Å². The van der Waals surface area contributed by atoms with E-state index < -0.39 is 0 Å². The summed E-state index contributed by atoms with van der Waals surface area (Å²) in [7, 11) is 0. The maximum Gasteiger partial charge on any atom is 0.00928 e. The lowest BCUT2D eigenvalue weighted by molar-refractivity contribution is 0.282. The molecule has 1 N–H and O–H groups in total. The summed E-state index contributed by atoms with van der Waals surface area (Å²) in [6, 6.07) is 9.62. The Morgan fingerprint density at radius 2 is 2.06 bits per heavy atom. The van der Waals surface area contributed by atoms with Gasteiger partial charge in [-0.3, -0.25) is 0 Å². The Kier molecular flexibility index (Phi) is 4.61. The molecule has 1 saturated carbocycles. The zero-order valence-electron chi connectivity index (χ0n) is 11.2. The quantitative estimate of drug-likeness (QED) is 0.833. The Labute approximate surface area is 106 Å². The van der Waals surface area contributed by atoms with E-state index in [-0.39, 0.29) is 0 Å². The molecule has 1 aromatic rings. The van der Waals surface area contributed by atoms with Crippen molar-refractivity contribution in [2.24, 2.45) is 5.92 Å².